The monoisotopic (exact) mass is 220 g/mol. The molecule has 0 radical (unpaired) electrons. The highest BCUT2D eigenvalue weighted by molar-refractivity contribution is 7.15. The van der Waals surface area contributed by atoms with Crippen LogP contribution in [0.1, 0.15) is 16.7 Å². The van der Waals surface area contributed by atoms with E-state index in [2.05, 4.69) is 0 Å². The molecule has 0 unspecified atom stereocenters. The van der Waals surface area contributed by atoms with E-state index in [1.807, 2.05) is 37.3 Å². The maximum Gasteiger partial charge on any atom is 0.188 e. The minimum atomic E-state index is -1.37. The first-order valence-corrected chi connectivity index (χ1v) is 5.51. The summed E-state index contributed by atoms with van der Waals surface area (Å²) in [6, 6.07) is 11.8. The molecule has 78 valence electrons. The Morgan fingerprint density at radius 3 is 2.20 bits per heavy atom. The van der Waals surface area contributed by atoms with E-state index in [-0.39, 0.29) is 0 Å². The molecule has 2 nitrogen and oxygen atoms in total. The molecule has 3 heteroatoms. The lowest BCUT2D eigenvalue weighted by molar-refractivity contribution is -0.0395. The van der Waals surface area contributed by atoms with Crippen LogP contribution in [0.3, 0.4) is 0 Å². The van der Waals surface area contributed by atoms with Gasteiger partial charge in [-0.15, -0.1) is 11.3 Å². The van der Waals surface area contributed by atoms with Gasteiger partial charge in [-0.2, -0.15) is 0 Å². The predicted octanol–water partition coefficient (Wildman–Crippen LogP) is 2.71. The van der Waals surface area contributed by atoms with Crippen LogP contribution >= 0.6 is 11.3 Å². The van der Waals surface area contributed by atoms with Crippen molar-refractivity contribution in [1.82, 2.24) is 0 Å². The fraction of sp³-hybridized carbons (Fsp3) is 0.167. The molecule has 1 aromatic carbocycles. The molecular weight excluding hydrogens is 208 g/mol. The normalized spacial score (nSPS) is 10.9. The second kappa shape index (κ2) is 4.14. The number of aryl methyl sites for hydroxylation is 1. The third kappa shape index (κ3) is 2.26. The van der Waals surface area contributed by atoms with Crippen LogP contribution in [0.4, 0.5) is 0 Å². The predicted molar refractivity (Wildman–Crippen MR) is 61.7 cm³/mol. The van der Waals surface area contributed by atoms with E-state index in [1.165, 1.54) is 16.9 Å². The molecule has 0 atom stereocenters. The summed E-state index contributed by atoms with van der Waals surface area (Å²) in [7, 11) is 0. The number of hydrogen-bond donors (Lipinski definition) is 2. The molecule has 0 bridgehead atoms. The van der Waals surface area contributed by atoms with E-state index in [1.54, 1.807) is 6.07 Å². The minimum Gasteiger partial charge on any atom is -0.364 e. The van der Waals surface area contributed by atoms with Crippen molar-refractivity contribution >= 4 is 11.3 Å². The Balaban J connectivity index is 2.33. The molecule has 2 N–H and O–H groups in total. The van der Waals surface area contributed by atoms with Gasteiger partial charge >= 0.3 is 0 Å². The van der Waals surface area contributed by atoms with Gasteiger partial charge in [-0.1, -0.05) is 29.8 Å². The average Bonchev–Trinajstić information content (AvgIpc) is 2.68. The Morgan fingerprint density at radius 2 is 1.67 bits per heavy atom. The van der Waals surface area contributed by atoms with Crippen LogP contribution in [0.15, 0.2) is 36.4 Å². The maximum absolute atomic E-state index is 8.99. The Morgan fingerprint density at radius 1 is 1.00 bits per heavy atom. The van der Waals surface area contributed by atoms with E-state index in [0.717, 1.165) is 10.4 Å². The molecule has 15 heavy (non-hydrogen) atoms. The minimum absolute atomic E-state index is 0.575. The second-order valence-electron chi connectivity index (χ2n) is 3.44. The molecule has 0 aliphatic carbocycles. The fourth-order valence-electron chi connectivity index (χ4n) is 1.36. The van der Waals surface area contributed by atoms with Crippen molar-refractivity contribution in [3.8, 4) is 10.4 Å². The Kier molecular flexibility index (Phi) is 2.86. The summed E-state index contributed by atoms with van der Waals surface area (Å²) >= 11 is 1.40. The smallest absolute Gasteiger partial charge is 0.188 e. The van der Waals surface area contributed by atoms with Gasteiger partial charge in [0.25, 0.3) is 0 Å². The van der Waals surface area contributed by atoms with Crippen LogP contribution in [0, 0.1) is 6.92 Å². The van der Waals surface area contributed by atoms with E-state index >= 15 is 0 Å². The molecule has 0 amide bonds. The van der Waals surface area contributed by atoms with E-state index in [4.69, 9.17) is 10.2 Å². The highest BCUT2D eigenvalue weighted by Gasteiger charge is 2.07. The standard InChI is InChI=1S/C12H12O2S/c1-8-2-4-9(5-3-8)10-6-7-11(15-10)12(13)14/h2-7,12-14H,1H3. The van der Waals surface area contributed by atoms with Gasteiger partial charge in [-0.05, 0) is 24.6 Å². The van der Waals surface area contributed by atoms with Crippen LogP contribution in [-0.2, 0) is 0 Å². The number of rotatable bonds is 2. The fourth-order valence-corrected chi connectivity index (χ4v) is 2.25. The van der Waals surface area contributed by atoms with Crippen molar-refractivity contribution in [2.45, 2.75) is 13.2 Å². The molecule has 1 aromatic heterocycles. The SMILES string of the molecule is Cc1ccc(-c2ccc(C(O)O)s2)cc1. The zero-order valence-electron chi connectivity index (χ0n) is 8.34. The molecule has 0 fully saturated rings. The van der Waals surface area contributed by atoms with Crippen molar-refractivity contribution in [3.05, 3.63) is 46.8 Å². The molecule has 2 rings (SSSR count). The topological polar surface area (TPSA) is 40.5 Å². The van der Waals surface area contributed by atoms with Gasteiger partial charge in [-0.25, -0.2) is 0 Å². The summed E-state index contributed by atoms with van der Waals surface area (Å²) in [4.78, 5) is 1.63. The van der Waals surface area contributed by atoms with Crippen molar-refractivity contribution in [2.75, 3.05) is 0 Å². The van der Waals surface area contributed by atoms with Crippen LogP contribution in [0.25, 0.3) is 10.4 Å². The number of aliphatic hydroxyl groups excluding tert-OH is 1. The number of aliphatic hydroxyl groups is 2. The second-order valence-corrected chi connectivity index (χ2v) is 4.56. The third-order valence-corrected chi connectivity index (χ3v) is 3.39. The van der Waals surface area contributed by atoms with Crippen LogP contribution in [-0.4, -0.2) is 10.2 Å². The summed E-state index contributed by atoms with van der Waals surface area (Å²) in [5, 5.41) is 18.0. The van der Waals surface area contributed by atoms with Gasteiger partial charge in [0.05, 0.1) is 4.88 Å². The zero-order valence-corrected chi connectivity index (χ0v) is 9.16. The first-order chi connectivity index (χ1) is 7.16. The third-order valence-electron chi connectivity index (χ3n) is 2.22. The van der Waals surface area contributed by atoms with E-state index < -0.39 is 6.29 Å². The van der Waals surface area contributed by atoms with Gasteiger partial charge in [-0.3, -0.25) is 0 Å². The van der Waals surface area contributed by atoms with E-state index in [9.17, 15) is 0 Å². The average molecular weight is 220 g/mol. The molecule has 0 spiro atoms. The van der Waals surface area contributed by atoms with Crippen molar-refractivity contribution in [1.29, 1.82) is 0 Å². The molecule has 0 aliphatic heterocycles. The molecular formula is C12H12O2S. The summed E-state index contributed by atoms with van der Waals surface area (Å²) in [6.45, 7) is 2.04. The van der Waals surface area contributed by atoms with Crippen LogP contribution in [0.5, 0.6) is 0 Å². The van der Waals surface area contributed by atoms with Crippen LogP contribution in [0.2, 0.25) is 0 Å². The molecule has 1 heterocycles. The highest BCUT2D eigenvalue weighted by atomic mass is 32.1. The van der Waals surface area contributed by atoms with Gasteiger partial charge in [0, 0.05) is 4.88 Å². The van der Waals surface area contributed by atoms with Crippen LogP contribution < -0.4 is 0 Å². The Bertz CT molecular complexity index is 443. The largest absolute Gasteiger partial charge is 0.364 e. The Hall–Kier alpha value is -1.16. The molecule has 0 saturated carbocycles. The maximum atomic E-state index is 8.99. The number of thiophene rings is 1. The summed E-state index contributed by atoms with van der Waals surface area (Å²) in [5.41, 5.74) is 2.33. The summed E-state index contributed by atoms with van der Waals surface area (Å²) < 4.78 is 0. The lowest BCUT2D eigenvalue weighted by Crippen LogP contribution is -1.88. The zero-order chi connectivity index (χ0) is 10.8. The van der Waals surface area contributed by atoms with Gasteiger partial charge < -0.3 is 10.2 Å². The Labute approximate surface area is 92.4 Å². The molecule has 0 aliphatic rings. The summed E-state index contributed by atoms with van der Waals surface area (Å²) in [6.07, 6.45) is -1.37. The van der Waals surface area contributed by atoms with Gasteiger partial charge in [0.2, 0.25) is 0 Å². The van der Waals surface area contributed by atoms with Crippen molar-refractivity contribution in [3.63, 3.8) is 0 Å². The number of benzene rings is 1. The summed E-state index contributed by atoms with van der Waals surface area (Å²) in [5.74, 6) is 0. The first-order valence-electron chi connectivity index (χ1n) is 4.70. The van der Waals surface area contributed by atoms with E-state index in [0.29, 0.717) is 4.88 Å². The lowest BCUT2D eigenvalue weighted by atomic mass is 10.1. The molecule has 2 aromatic rings. The van der Waals surface area contributed by atoms with Gasteiger partial charge in [0.1, 0.15) is 0 Å². The van der Waals surface area contributed by atoms with Crippen molar-refractivity contribution < 1.29 is 10.2 Å². The molecule has 0 saturated heterocycles. The lowest BCUT2D eigenvalue weighted by Gasteiger charge is -1.99. The first kappa shape index (κ1) is 10.4. The number of hydrogen-bond acceptors (Lipinski definition) is 3. The highest BCUT2D eigenvalue weighted by Crippen LogP contribution is 2.30. The quantitative estimate of drug-likeness (QED) is 0.764. The van der Waals surface area contributed by atoms with Crippen molar-refractivity contribution in [2.24, 2.45) is 0 Å². The van der Waals surface area contributed by atoms with Gasteiger partial charge in [0.15, 0.2) is 6.29 Å².